The van der Waals surface area contributed by atoms with Crippen LogP contribution in [0.4, 0.5) is 0 Å². The second-order valence-corrected chi connectivity index (χ2v) is 3.77. The van der Waals surface area contributed by atoms with Crippen molar-refractivity contribution in [1.29, 1.82) is 0 Å². The third kappa shape index (κ3) is 3.22. The summed E-state index contributed by atoms with van der Waals surface area (Å²) in [6, 6.07) is 6.70. The molecule has 1 heterocycles. The normalized spacial score (nSPS) is 10.6. The van der Waals surface area contributed by atoms with Crippen molar-refractivity contribution in [2.75, 3.05) is 6.54 Å². The molecule has 0 amide bonds. The zero-order valence-corrected chi connectivity index (χ0v) is 9.37. The predicted octanol–water partition coefficient (Wildman–Crippen LogP) is 1.08. The number of nitrogens with zero attached hydrogens (tertiary/aromatic N) is 2. The zero-order chi connectivity index (χ0) is 12.1. The molecule has 0 saturated carbocycles. The number of nitrogens with one attached hydrogen (secondary N) is 1. The highest BCUT2D eigenvalue weighted by Gasteiger charge is 2.00. The van der Waals surface area contributed by atoms with E-state index in [2.05, 4.69) is 10.4 Å². The van der Waals surface area contributed by atoms with Gasteiger partial charge < -0.3 is 15.5 Å². The average molecular weight is 233 g/mol. The lowest BCUT2D eigenvalue weighted by molar-refractivity contribution is 0.403. The molecule has 5 heteroatoms. The summed E-state index contributed by atoms with van der Waals surface area (Å²) in [5.41, 5.74) is 0.931. The molecule has 90 valence electrons. The number of hydrogen-bond donors (Lipinski definition) is 3. The van der Waals surface area contributed by atoms with Crippen molar-refractivity contribution in [1.82, 2.24) is 15.1 Å². The first-order chi connectivity index (χ1) is 8.25. The standard InChI is InChI=1S/C12H15N3O2/c16-11-3-2-10(8-12(11)17)9-13-5-7-15-6-1-4-14-15/h1-4,6,8,13,16-17H,5,7,9H2. The fourth-order valence-electron chi connectivity index (χ4n) is 1.54. The summed E-state index contributed by atoms with van der Waals surface area (Å²) in [7, 11) is 0. The van der Waals surface area contributed by atoms with Crippen LogP contribution in [0.25, 0.3) is 0 Å². The maximum absolute atomic E-state index is 9.31. The number of aromatic nitrogens is 2. The molecule has 0 saturated heterocycles. The third-order valence-corrected chi connectivity index (χ3v) is 2.45. The molecule has 0 unspecified atom stereocenters. The third-order valence-electron chi connectivity index (χ3n) is 2.45. The quantitative estimate of drug-likeness (QED) is 0.534. The van der Waals surface area contributed by atoms with Gasteiger partial charge in [0.2, 0.25) is 0 Å². The molecule has 2 aromatic rings. The minimum Gasteiger partial charge on any atom is -0.504 e. The van der Waals surface area contributed by atoms with Crippen LogP contribution in [0.5, 0.6) is 11.5 Å². The number of phenolic OH excluding ortho intramolecular Hbond substituents is 2. The first-order valence-corrected chi connectivity index (χ1v) is 5.45. The first-order valence-electron chi connectivity index (χ1n) is 5.45. The Labute approximate surface area is 99.3 Å². The Hall–Kier alpha value is -2.01. The Kier molecular flexibility index (Phi) is 3.62. The van der Waals surface area contributed by atoms with Gasteiger partial charge in [0.25, 0.3) is 0 Å². The Morgan fingerprint density at radius 3 is 2.82 bits per heavy atom. The molecule has 1 aromatic heterocycles. The van der Waals surface area contributed by atoms with Gasteiger partial charge in [-0.3, -0.25) is 4.68 Å². The lowest BCUT2D eigenvalue weighted by Crippen LogP contribution is -2.19. The van der Waals surface area contributed by atoms with Crippen LogP contribution >= 0.6 is 0 Å². The van der Waals surface area contributed by atoms with Crippen LogP contribution in [-0.2, 0) is 13.1 Å². The van der Waals surface area contributed by atoms with Crippen LogP contribution in [0.2, 0.25) is 0 Å². The highest BCUT2D eigenvalue weighted by molar-refractivity contribution is 5.40. The minimum absolute atomic E-state index is 0.0867. The SMILES string of the molecule is Oc1ccc(CNCCn2cccn2)cc1O. The van der Waals surface area contributed by atoms with Crippen LogP contribution in [-0.4, -0.2) is 26.5 Å². The summed E-state index contributed by atoms with van der Waals surface area (Å²) in [5, 5.41) is 25.8. The van der Waals surface area contributed by atoms with E-state index in [1.807, 2.05) is 16.9 Å². The lowest BCUT2D eigenvalue weighted by Gasteiger charge is -2.06. The van der Waals surface area contributed by atoms with Gasteiger partial charge in [-0.2, -0.15) is 5.10 Å². The lowest BCUT2D eigenvalue weighted by atomic mass is 10.2. The molecule has 5 nitrogen and oxygen atoms in total. The van der Waals surface area contributed by atoms with Crippen molar-refractivity contribution in [3.05, 3.63) is 42.2 Å². The topological polar surface area (TPSA) is 70.3 Å². The molecule has 0 aliphatic heterocycles. The fraction of sp³-hybridized carbons (Fsp3) is 0.250. The largest absolute Gasteiger partial charge is 0.504 e. The van der Waals surface area contributed by atoms with Crippen molar-refractivity contribution < 1.29 is 10.2 Å². The molecule has 17 heavy (non-hydrogen) atoms. The molecule has 0 fully saturated rings. The van der Waals surface area contributed by atoms with E-state index < -0.39 is 0 Å². The highest BCUT2D eigenvalue weighted by Crippen LogP contribution is 2.24. The average Bonchev–Trinajstić information content (AvgIpc) is 2.82. The summed E-state index contributed by atoms with van der Waals surface area (Å²) in [4.78, 5) is 0. The van der Waals surface area contributed by atoms with Gasteiger partial charge in [0, 0.05) is 25.5 Å². The van der Waals surface area contributed by atoms with Gasteiger partial charge in [0.15, 0.2) is 11.5 Å². The molecule has 0 aliphatic rings. The molecule has 0 atom stereocenters. The van der Waals surface area contributed by atoms with Crippen molar-refractivity contribution in [3.8, 4) is 11.5 Å². The number of benzene rings is 1. The molecule has 2 rings (SSSR count). The van der Waals surface area contributed by atoms with Gasteiger partial charge in [-0.25, -0.2) is 0 Å². The molecule has 0 aliphatic carbocycles. The Bertz CT molecular complexity index is 469. The van der Waals surface area contributed by atoms with Gasteiger partial charge in [0.05, 0.1) is 6.54 Å². The van der Waals surface area contributed by atoms with Crippen LogP contribution in [0.15, 0.2) is 36.7 Å². The monoisotopic (exact) mass is 233 g/mol. The van der Waals surface area contributed by atoms with Gasteiger partial charge >= 0.3 is 0 Å². The minimum atomic E-state index is -0.0923. The molecular formula is C12H15N3O2. The van der Waals surface area contributed by atoms with E-state index in [1.54, 1.807) is 18.3 Å². The van der Waals surface area contributed by atoms with E-state index in [1.165, 1.54) is 6.07 Å². The Morgan fingerprint density at radius 2 is 2.12 bits per heavy atom. The van der Waals surface area contributed by atoms with E-state index in [4.69, 9.17) is 5.11 Å². The van der Waals surface area contributed by atoms with E-state index in [0.29, 0.717) is 6.54 Å². The van der Waals surface area contributed by atoms with E-state index in [-0.39, 0.29) is 11.5 Å². The van der Waals surface area contributed by atoms with E-state index in [0.717, 1.165) is 18.7 Å². The van der Waals surface area contributed by atoms with Crippen molar-refractivity contribution in [2.45, 2.75) is 13.1 Å². The molecule has 1 aromatic carbocycles. The fourth-order valence-corrected chi connectivity index (χ4v) is 1.54. The summed E-state index contributed by atoms with van der Waals surface area (Å²) in [6.45, 7) is 2.25. The number of phenols is 2. The van der Waals surface area contributed by atoms with Crippen LogP contribution in [0, 0.1) is 0 Å². The van der Waals surface area contributed by atoms with Crippen molar-refractivity contribution >= 4 is 0 Å². The number of aromatic hydroxyl groups is 2. The smallest absolute Gasteiger partial charge is 0.157 e. The number of hydrogen-bond acceptors (Lipinski definition) is 4. The number of rotatable bonds is 5. The summed E-state index contributed by atoms with van der Waals surface area (Å²) in [6.07, 6.45) is 3.66. The molecular weight excluding hydrogens is 218 g/mol. The van der Waals surface area contributed by atoms with Crippen molar-refractivity contribution in [3.63, 3.8) is 0 Å². The highest BCUT2D eigenvalue weighted by atomic mass is 16.3. The Balaban J connectivity index is 1.76. The van der Waals surface area contributed by atoms with E-state index in [9.17, 15) is 5.11 Å². The maximum atomic E-state index is 9.31. The maximum Gasteiger partial charge on any atom is 0.157 e. The summed E-state index contributed by atoms with van der Waals surface area (Å²) in [5.74, 6) is -0.179. The van der Waals surface area contributed by atoms with Crippen LogP contribution in [0.3, 0.4) is 0 Å². The Morgan fingerprint density at radius 1 is 1.24 bits per heavy atom. The summed E-state index contributed by atoms with van der Waals surface area (Å²) >= 11 is 0. The predicted molar refractivity (Wildman–Crippen MR) is 63.7 cm³/mol. The van der Waals surface area contributed by atoms with Gasteiger partial charge in [-0.15, -0.1) is 0 Å². The first kappa shape index (κ1) is 11.5. The van der Waals surface area contributed by atoms with Crippen molar-refractivity contribution in [2.24, 2.45) is 0 Å². The second kappa shape index (κ2) is 5.36. The van der Waals surface area contributed by atoms with Gasteiger partial charge in [-0.1, -0.05) is 6.07 Å². The van der Waals surface area contributed by atoms with Gasteiger partial charge in [-0.05, 0) is 23.8 Å². The van der Waals surface area contributed by atoms with Crippen LogP contribution in [0.1, 0.15) is 5.56 Å². The molecule has 0 bridgehead atoms. The summed E-state index contributed by atoms with van der Waals surface area (Å²) < 4.78 is 1.85. The molecule has 0 spiro atoms. The van der Waals surface area contributed by atoms with E-state index >= 15 is 0 Å². The molecule has 0 radical (unpaired) electrons. The van der Waals surface area contributed by atoms with Crippen LogP contribution < -0.4 is 5.32 Å². The second-order valence-electron chi connectivity index (χ2n) is 3.77. The van der Waals surface area contributed by atoms with Gasteiger partial charge in [0.1, 0.15) is 0 Å². The molecule has 3 N–H and O–H groups in total. The zero-order valence-electron chi connectivity index (χ0n) is 9.37.